The van der Waals surface area contributed by atoms with Gasteiger partial charge >= 0.3 is 0 Å². The van der Waals surface area contributed by atoms with E-state index in [1.165, 1.54) is 43.2 Å². The van der Waals surface area contributed by atoms with Gasteiger partial charge in [0.2, 0.25) is 0 Å². The molecule has 1 aromatic heterocycles. The van der Waals surface area contributed by atoms with E-state index in [9.17, 15) is 0 Å². The van der Waals surface area contributed by atoms with Crippen molar-refractivity contribution in [3.8, 4) is 0 Å². The second-order valence-electron chi connectivity index (χ2n) is 6.54. The lowest BCUT2D eigenvalue weighted by molar-refractivity contribution is 0.251. The fourth-order valence-electron chi connectivity index (χ4n) is 2.64. The molecule has 1 fully saturated rings. The summed E-state index contributed by atoms with van der Waals surface area (Å²) in [6, 6.07) is 0. The van der Waals surface area contributed by atoms with Crippen LogP contribution in [0.3, 0.4) is 0 Å². The molecule has 1 saturated heterocycles. The summed E-state index contributed by atoms with van der Waals surface area (Å²) in [5.41, 5.74) is 1.21. The summed E-state index contributed by atoms with van der Waals surface area (Å²) in [5, 5.41) is 6.87. The lowest BCUT2D eigenvalue weighted by atomic mass is 10.2. The zero-order valence-electron chi connectivity index (χ0n) is 13.8. The van der Waals surface area contributed by atoms with Crippen molar-refractivity contribution < 1.29 is 0 Å². The van der Waals surface area contributed by atoms with Gasteiger partial charge in [-0.2, -0.15) is 0 Å². The first kappa shape index (κ1) is 16.9. The van der Waals surface area contributed by atoms with Crippen molar-refractivity contribution in [1.82, 2.24) is 20.1 Å². The van der Waals surface area contributed by atoms with Gasteiger partial charge in [-0.1, -0.05) is 13.8 Å². The molecule has 4 nitrogen and oxygen atoms in total. The lowest BCUT2D eigenvalue weighted by Gasteiger charge is -2.20. The molecule has 0 radical (unpaired) electrons. The Morgan fingerprint density at radius 3 is 2.86 bits per heavy atom. The van der Waals surface area contributed by atoms with Crippen molar-refractivity contribution in [1.29, 1.82) is 0 Å². The van der Waals surface area contributed by atoms with Crippen LogP contribution in [-0.2, 0) is 13.1 Å². The van der Waals surface area contributed by atoms with Crippen LogP contribution in [0.25, 0.3) is 0 Å². The zero-order valence-corrected chi connectivity index (χ0v) is 14.6. The molecule has 5 heteroatoms. The first-order valence-corrected chi connectivity index (χ1v) is 9.06. The molecule has 21 heavy (non-hydrogen) atoms. The van der Waals surface area contributed by atoms with E-state index >= 15 is 0 Å². The van der Waals surface area contributed by atoms with Crippen molar-refractivity contribution in [3.63, 3.8) is 0 Å². The van der Waals surface area contributed by atoms with Crippen LogP contribution in [0.5, 0.6) is 0 Å². The summed E-state index contributed by atoms with van der Waals surface area (Å²) >= 11 is 1.78. The number of aromatic nitrogens is 1. The number of nitrogens with zero attached hydrogens (tertiary/aromatic N) is 3. The van der Waals surface area contributed by atoms with Gasteiger partial charge < -0.3 is 10.2 Å². The zero-order chi connectivity index (χ0) is 15.1. The summed E-state index contributed by atoms with van der Waals surface area (Å²) in [6.45, 7) is 12.3. The summed E-state index contributed by atoms with van der Waals surface area (Å²) in [5.74, 6) is 0.696. The largest absolute Gasteiger partial charge is 0.310 e. The molecule has 0 amide bonds. The van der Waals surface area contributed by atoms with Crippen molar-refractivity contribution in [2.24, 2.45) is 5.92 Å². The Balaban J connectivity index is 1.66. The van der Waals surface area contributed by atoms with Crippen LogP contribution in [0.2, 0.25) is 0 Å². The highest BCUT2D eigenvalue weighted by molar-refractivity contribution is 7.09. The van der Waals surface area contributed by atoms with Crippen LogP contribution in [0.15, 0.2) is 5.38 Å². The maximum atomic E-state index is 4.73. The number of nitrogens with one attached hydrogen (secondary N) is 1. The van der Waals surface area contributed by atoms with Crippen molar-refractivity contribution in [2.75, 3.05) is 39.8 Å². The predicted octanol–water partition coefficient (Wildman–Crippen LogP) is 2.42. The molecule has 0 unspecified atom stereocenters. The molecule has 120 valence electrons. The Morgan fingerprint density at radius 2 is 2.14 bits per heavy atom. The molecule has 0 spiro atoms. The van der Waals surface area contributed by atoms with Crippen LogP contribution in [0.1, 0.15) is 37.4 Å². The van der Waals surface area contributed by atoms with Gasteiger partial charge in [-0.15, -0.1) is 11.3 Å². The third-order valence-electron chi connectivity index (χ3n) is 3.86. The molecule has 1 aliphatic heterocycles. The van der Waals surface area contributed by atoms with Gasteiger partial charge in [0.05, 0.1) is 5.69 Å². The summed E-state index contributed by atoms with van der Waals surface area (Å²) in [4.78, 5) is 9.68. The predicted molar refractivity (Wildman–Crippen MR) is 90.7 cm³/mol. The van der Waals surface area contributed by atoms with E-state index in [0.717, 1.165) is 26.2 Å². The first-order chi connectivity index (χ1) is 10.1. The molecular formula is C16H30N4S. The van der Waals surface area contributed by atoms with Gasteiger partial charge in [0, 0.05) is 31.6 Å². The number of likely N-dealkylation sites (N-methyl/N-ethyl adjacent to an activating group) is 1. The quantitative estimate of drug-likeness (QED) is 0.759. The molecule has 1 N–H and O–H groups in total. The average molecular weight is 311 g/mol. The van der Waals surface area contributed by atoms with Gasteiger partial charge in [0.25, 0.3) is 0 Å². The summed E-state index contributed by atoms with van der Waals surface area (Å²) in [6.07, 6.45) is 2.76. The maximum absolute atomic E-state index is 4.73. The molecule has 0 saturated carbocycles. The van der Waals surface area contributed by atoms with E-state index < -0.39 is 0 Å². The molecule has 0 aromatic carbocycles. The second-order valence-corrected chi connectivity index (χ2v) is 7.49. The van der Waals surface area contributed by atoms with E-state index in [4.69, 9.17) is 4.98 Å². The average Bonchev–Trinajstić information content (AvgIpc) is 3.08. The normalized spacial score (nSPS) is 16.4. The van der Waals surface area contributed by atoms with Crippen LogP contribution >= 0.6 is 11.3 Å². The third-order valence-corrected chi connectivity index (χ3v) is 4.75. The number of rotatable bonds is 9. The number of likely N-dealkylation sites (tertiary alicyclic amines) is 1. The highest BCUT2D eigenvalue weighted by Gasteiger charge is 2.12. The highest BCUT2D eigenvalue weighted by Crippen LogP contribution is 2.12. The van der Waals surface area contributed by atoms with E-state index in [1.54, 1.807) is 11.3 Å². The number of thiazole rings is 1. The van der Waals surface area contributed by atoms with Gasteiger partial charge in [-0.05, 0) is 45.4 Å². The number of hydrogen-bond acceptors (Lipinski definition) is 5. The molecule has 1 aliphatic rings. The SMILES string of the molecule is CC(C)CNCc1nc(CN(C)CCN2CCCC2)cs1. The summed E-state index contributed by atoms with van der Waals surface area (Å²) < 4.78 is 0. The molecule has 2 rings (SSSR count). The van der Waals surface area contributed by atoms with Crippen LogP contribution < -0.4 is 5.32 Å². The van der Waals surface area contributed by atoms with Gasteiger partial charge in [0.15, 0.2) is 0 Å². The van der Waals surface area contributed by atoms with Crippen molar-refractivity contribution >= 4 is 11.3 Å². The summed E-state index contributed by atoms with van der Waals surface area (Å²) in [7, 11) is 2.20. The number of hydrogen-bond donors (Lipinski definition) is 1. The van der Waals surface area contributed by atoms with E-state index in [2.05, 4.69) is 41.4 Å². The topological polar surface area (TPSA) is 31.4 Å². The van der Waals surface area contributed by atoms with Gasteiger partial charge in [-0.3, -0.25) is 4.90 Å². The Bertz CT molecular complexity index is 399. The van der Waals surface area contributed by atoms with Gasteiger partial charge in [0.1, 0.15) is 5.01 Å². The molecule has 1 aromatic rings. The van der Waals surface area contributed by atoms with E-state index in [1.807, 2.05) is 0 Å². The second kappa shape index (κ2) is 8.83. The highest BCUT2D eigenvalue weighted by atomic mass is 32.1. The van der Waals surface area contributed by atoms with Gasteiger partial charge in [-0.25, -0.2) is 4.98 Å². The fourth-order valence-corrected chi connectivity index (χ4v) is 3.40. The van der Waals surface area contributed by atoms with Crippen LogP contribution in [-0.4, -0.2) is 54.6 Å². The van der Waals surface area contributed by atoms with Crippen LogP contribution in [0.4, 0.5) is 0 Å². The molecule has 0 atom stereocenters. The van der Waals surface area contributed by atoms with Crippen molar-refractivity contribution in [3.05, 3.63) is 16.1 Å². The first-order valence-electron chi connectivity index (χ1n) is 8.18. The monoisotopic (exact) mass is 310 g/mol. The minimum atomic E-state index is 0.696. The molecule has 0 bridgehead atoms. The Morgan fingerprint density at radius 1 is 1.38 bits per heavy atom. The van der Waals surface area contributed by atoms with E-state index in [0.29, 0.717) is 5.92 Å². The van der Waals surface area contributed by atoms with E-state index in [-0.39, 0.29) is 0 Å². The molecular weight excluding hydrogens is 280 g/mol. The minimum Gasteiger partial charge on any atom is -0.310 e. The lowest BCUT2D eigenvalue weighted by Crippen LogP contribution is -2.31. The third kappa shape index (κ3) is 6.43. The Labute approximate surface area is 133 Å². The minimum absolute atomic E-state index is 0.696. The Kier molecular flexibility index (Phi) is 7.10. The van der Waals surface area contributed by atoms with Crippen molar-refractivity contribution in [2.45, 2.75) is 39.8 Å². The smallest absolute Gasteiger partial charge is 0.107 e. The Hall–Kier alpha value is -0.490. The molecule has 0 aliphatic carbocycles. The standard InChI is InChI=1S/C16H30N4S/c1-14(2)10-17-11-16-18-15(13-21-16)12-19(3)8-9-20-6-4-5-7-20/h13-14,17H,4-12H2,1-3H3. The fraction of sp³-hybridized carbons (Fsp3) is 0.812. The van der Waals surface area contributed by atoms with Crippen LogP contribution in [0, 0.1) is 5.92 Å². The maximum Gasteiger partial charge on any atom is 0.107 e. The molecule has 2 heterocycles.